The fourth-order valence-corrected chi connectivity index (χ4v) is 3.80. The lowest BCUT2D eigenvalue weighted by Gasteiger charge is -2.39. The lowest BCUT2D eigenvalue weighted by molar-refractivity contribution is -0.0521. The van der Waals surface area contributed by atoms with Crippen molar-refractivity contribution < 1.29 is 9.13 Å². The summed E-state index contributed by atoms with van der Waals surface area (Å²) in [6.07, 6.45) is 8.52. The van der Waals surface area contributed by atoms with Gasteiger partial charge in [0.1, 0.15) is 0 Å². The number of ether oxygens (including phenoxy) is 1. The molecule has 0 bridgehead atoms. The molecule has 2 saturated heterocycles. The Kier molecular flexibility index (Phi) is 3.74. The predicted octanol–water partition coefficient (Wildman–Crippen LogP) is 2.06. The molecule has 2 aliphatic heterocycles. The molecule has 2 atom stereocenters. The number of halogens is 1. The van der Waals surface area contributed by atoms with Gasteiger partial charge in [-0.25, -0.2) is 14.4 Å². The first kappa shape index (κ1) is 14.3. The second-order valence-electron chi connectivity index (χ2n) is 7.05. The zero-order chi connectivity index (χ0) is 15.0. The minimum Gasteiger partial charge on any atom is -0.371 e. The third kappa shape index (κ3) is 3.22. The molecule has 6 heteroatoms. The van der Waals surface area contributed by atoms with Crippen molar-refractivity contribution in [2.24, 2.45) is 5.92 Å². The van der Waals surface area contributed by atoms with Crippen LogP contribution in [0.2, 0.25) is 0 Å². The van der Waals surface area contributed by atoms with Crippen molar-refractivity contribution in [1.29, 1.82) is 0 Å². The molecular weight excluding hydrogens is 283 g/mol. The second-order valence-corrected chi connectivity index (χ2v) is 7.05. The van der Waals surface area contributed by atoms with Crippen LogP contribution in [0.5, 0.6) is 0 Å². The van der Waals surface area contributed by atoms with E-state index in [0.717, 1.165) is 25.3 Å². The van der Waals surface area contributed by atoms with E-state index < -0.39 is 5.82 Å². The maximum Gasteiger partial charge on any atom is 0.223 e. The van der Waals surface area contributed by atoms with Gasteiger partial charge in [-0.05, 0) is 38.1 Å². The fraction of sp³-hybridized carbons (Fsp3) is 0.750. The average Bonchev–Trinajstić information content (AvgIpc) is 3.24. The maximum atomic E-state index is 12.9. The molecule has 1 aromatic heterocycles. The average molecular weight is 306 g/mol. The Bertz CT molecular complexity index is 521. The SMILES string of the molecule is Fc1cnc(N[C@H]2CO[C@]3(CCCN(CC4CC4)C3)C2)nc1. The molecule has 120 valence electrons. The van der Waals surface area contributed by atoms with Gasteiger partial charge >= 0.3 is 0 Å². The third-order valence-electron chi connectivity index (χ3n) is 4.99. The number of likely N-dealkylation sites (tertiary alicyclic amines) is 1. The minimum atomic E-state index is -0.410. The molecule has 1 saturated carbocycles. The molecule has 22 heavy (non-hydrogen) atoms. The fourth-order valence-electron chi connectivity index (χ4n) is 3.80. The molecule has 1 N–H and O–H groups in total. The molecule has 1 aromatic rings. The number of hydrogen-bond donors (Lipinski definition) is 1. The molecule has 3 fully saturated rings. The molecule has 0 amide bonds. The Hall–Kier alpha value is -1.27. The number of hydrogen-bond acceptors (Lipinski definition) is 5. The van der Waals surface area contributed by atoms with Crippen molar-refractivity contribution >= 4 is 5.95 Å². The number of rotatable bonds is 4. The van der Waals surface area contributed by atoms with Gasteiger partial charge in [0.05, 0.1) is 30.6 Å². The van der Waals surface area contributed by atoms with Crippen LogP contribution < -0.4 is 5.32 Å². The molecular formula is C16H23FN4O. The molecule has 5 nitrogen and oxygen atoms in total. The highest BCUT2D eigenvalue weighted by Gasteiger charge is 2.44. The van der Waals surface area contributed by atoms with Gasteiger partial charge in [-0.15, -0.1) is 0 Å². The van der Waals surface area contributed by atoms with E-state index in [-0.39, 0.29) is 11.6 Å². The van der Waals surface area contributed by atoms with Gasteiger partial charge in [-0.3, -0.25) is 0 Å². The lowest BCUT2D eigenvalue weighted by atomic mass is 9.88. The number of nitrogens with zero attached hydrogens (tertiary/aromatic N) is 3. The summed E-state index contributed by atoms with van der Waals surface area (Å²) < 4.78 is 19.0. The summed E-state index contributed by atoms with van der Waals surface area (Å²) >= 11 is 0. The molecule has 0 unspecified atom stereocenters. The molecule has 3 heterocycles. The number of nitrogens with one attached hydrogen (secondary N) is 1. The summed E-state index contributed by atoms with van der Waals surface area (Å²) in [6, 6.07) is 0.214. The summed E-state index contributed by atoms with van der Waals surface area (Å²) in [4.78, 5) is 10.5. The van der Waals surface area contributed by atoms with Gasteiger partial charge < -0.3 is 15.0 Å². The first-order valence-corrected chi connectivity index (χ1v) is 8.31. The van der Waals surface area contributed by atoms with Crippen molar-refractivity contribution in [2.75, 3.05) is 31.6 Å². The van der Waals surface area contributed by atoms with Gasteiger partial charge in [0.15, 0.2) is 5.82 Å². The Balaban J connectivity index is 1.35. The second kappa shape index (κ2) is 5.74. The number of aromatic nitrogens is 2. The van der Waals surface area contributed by atoms with Crippen LogP contribution in [0.15, 0.2) is 12.4 Å². The van der Waals surface area contributed by atoms with E-state index in [2.05, 4.69) is 20.2 Å². The zero-order valence-corrected chi connectivity index (χ0v) is 12.8. The smallest absolute Gasteiger partial charge is 0.223 e. The number of piperidine rings is 1. The highest BCUT2D eigenvalue weighted by molar-refractivity contribution is 5.25. The van der Waals surface area contributed by atoms with Crippen LogP contribution in [0.3, 0.4) is 0 Å². The van der Waals surface area contributed by atoms with Gasteiger partial charge in [-0.2, -0.15) is 0 Å². The van der Waals surface area contributed by atoms with Gasteiger partial charge in [-0.1, -0.05) is 0 Å². The monoisotopic (exact) mass is 306 g/mol. The normalized spacial score (nSPS) is 32.5. The van der Waals surface area contributed by atoms with Crippen LogP contribution in [0, 0.1) is 11.7 Å². The van der Waals surface area contributed by atoms with Crippen molar-refractivity contribution in [3.05, 3.63) is 18.2 Å². The van der Waals surface area contributed by atoms with Crippen molar-refractivity contribution in [2.45, 2.75) is 43.7 Å². The van der Waals surface area contributed by atoms with E-state index in [0.29, 0.717) is 12.6 Å². The van der Waals surface area contributed by atoms with Gasteiger partial charge in [0, 0.05) is 19.5 Å². The maximum absolute atomic E-state index is 12.9. The van der Waals surface area contributed by atoms with E-state index in [1.807, 2.05) is 0 Å². The van der Waals surface area contributed by atoms with Crippen LogP contribution >= 0.6 is 0 Å². The molecule has 1 aliphatic carbocycles. The predicted molar refractivity (Wildman–Crippen MR) is 81.1 cm³/mol. The van der Waals surface area contributed by atoms with Gasteiger partial charge in [0.2, 0.25) is 5.95 Å². The van der Waals surface area contributed by atoms with E-state index >= 15 is 0 Å². The van der Waals surface area contributed by atoms with Gasteiger partial charge in [0.25, 0.3) is 0 Å². The van der Waals surface area contributed by atoms with E-state index in [1.54, 1.807) is 0 Å². The van der Waals surface area contributed by atoms with E-state index in [9.17, 15) is 4.39 Å². The molecule has 1 spiro atoms. The molecule has 0 radical (unpaired) electrons. The summed E-state index contributed by atoms with van der Waals surface area (Å²) in [5.74, 6) is 1.00. The summed E-state index contributed by atoms with van der Waals surface area (Å²) in [6.45, 7) is 4.18. The lowest BCUT2D eigenvalue weighted by Crippen LogP contribution is -2.48. The Morgan fingerprint density at radius 2 is 2.18 bits per heavy atom. The topological polar surface area (TPSA) is 50.3 Å². The third-order valence-corrected chi connectivity index (χ3v) is 4.99. The van der Waals surface area contributed by atoms with Crippen LogP contribution in [0.1, 0.15) is 32.1 Å². The highest BCUT2D eigenvalue weighted by Crippen LogP contribution is 2.37. The molecule has 4 rings (SSSR count). The summed E-state index contributed by atoms with van der Waals surface area (Å²) in [5.41, 5.74) is -0.00909. The largest absolute Gasteiger partial charge is 0.371 e. The quantitative estimate of drug-likeness (QED) is 0.923. The zero-order valence-electron chi connectivity index (χ0n) is 12.8. The minimum absolute atomic E-state index is 0.00909. The van der Waals surface area contributed by atoms with E-state index in [4.69, 9.17) is 4.74 Å². The van der Waals surface area contributed by atoms with Crippen molar-refractivity contribution in [3.8, 4) is 0 Å². The Morgan fingerprint density at radius 3 is 2.95 bits per heavy atom. The van der Waals surface area contributed by atoms with E-state index in [1.165, 1.54) is 44.7 Å². The Morgan fingerprint density at radius 1 is 1.36 bits per heavy atom. The first-order valence-electron chi connectivity index (χ1n) is 8.31. The Labute approximate surface area is 130 Å². The van der Waals surface area contributed by atoms with Crippen molar-refractivity contribution in [3.63, 3.8) is 0 Å². The van der Waals surface area contributed by atoms with Crippen LogP contribution in [0.25, 0.3) is 0 Å². The van der Waals surface area contributed by atoms with Crippen LogP contribution in [-0.4, -0.2) is 52.8 Å². The summed E-state index contributed by atoms with van der Waals surface area (Å²) in [5, 5.41) is 3.28. The summed E-state index contributed by atoms with van der Waals surface area (Å²) in [7, 11) is 0. The number of anilines is 1. The first-order chi connectivity index (χ1) is 10.7. The van der Waals surface area contributed by atoms with Crippen molar-refractivity contribution in [1.82, 2.24) is 14.9 Å². The van der Waals surface area contributed by atoms with Crippen LogP contribution in [-0.2, 0) is 4.74 Å². The van der Waals surface area contributed by atoms with Crippen LogP contribution in [0.4, 0.5) is 10.3 Å². The standard InChI is InChI=1S/C16H23FN4O/c17-13-7-18-15(19-8-13)20-14-6-16(22-10-14)4-1-5-21(11-16)9-12-2-3-12/h7-8,12,14H,1-6,9-11H2,(H,18,19,20)/t14-,16-/m1/s1. The molecule has 0 aromatic carbocycles. The molecule has 3 aliphatic rings. The highest BCUT2D eigenvalue weighted by atomic mass is 19.1.